The van der Waals surface area contributed by atoms with E-state index in [0.717, 1.165) is 38.1 Å². The Hall–Kier alpha value is -2.14. The summed E-state index contributed by atoms with van der Waals surface area (Å²) >= 11 is 0. The third-order valence-corrected chi connectivity index (χ3v) is 5.17. The molecule has 5 nitrogen and oxygen atoms in total. The third kappa shape index (κ3) is 3.76. The van der Waals surface area contributed by atoms with E-state index in [0.29, 0.717) is 12.0 Å². The SMILES string of the molecule is Cc1nccn1CCCOC(=O)C(O)(c1ccccc1)C1CCCC1. The highest BCUT2D eigenvalue weighted by molar-refractivity contribution is 5.81. The summed E-state index contributed by atoms with van der Waals surface area (Å²) in [7, 11) is 0. The Morgan fingerprint density at radius 1 is 1.32 bits per heavy atom. The zero-order valence-corrected chi connectivity index (χ0v) is 14.7. The minimum absolute atomic E-state index is 0.0710. The van der Waals surface area contributed by atoms with Crippen molar-refractivity contribution in [3.8, 4) is 0 Å². The van der Waals surface area contributed by atoms with E-state index in [1.54, 1.807) is 6.20 Å². The van der Waals surface area contributed by atoms with Crippen LogP contribution >= 0.6 is 0 Å². The number of ether oxygens (including phenoxy) is 1. The number of esters is 1. The molecule has 1 atom stereocenters. The highest BCUT2D eigenvalue weighted by Gasteiger charge is 2.47. The Morgan fingerprint density at radius 3 is 2.68 bits per heavy atom. The van der Waals surface area contributed by atoms with E-state index in [9.17, 15) is 9.90 Å². The van der Waals surface area contributed by atoms with Gasteiger partial charge in [-0.2, -0.15) is 0 Å². The van der Waals surface area contributed by atoms with E-state index in [-0.39, 0.29) is 12.5 Å². The van der Waals surface area contributed by atoms with Gasteiger partial charge in [-0.3, -0.25) is 0 Å². The average molecular weight is 342 g/mol. The molecule has 0 bridgehead atoms. The van der Waals surface area contributed by atoms with Crippen LogP contribution in [0.2, 0.25) is 0 Å². The molecule has 25 heavy (non-hydrogen) atoms. The predicted molar refractivity (Wildman–Crippen MR) is 94.8 cm³/mol. The van der Waals surface area contributed by atoms with Gasteiger partial charge >= 0.3 is 5.97 Å². The quantitative estimate of drug-likeness (QED) is 0.620. The second-order valence-electron chi connectivity index (χ2n) is 6.77. The molecule has 1 aliphatic carbocycles. The summed E-state index contributed by atoms with van der Waals surface area (Å²) in [5.41, 5.74) is -0.903. The topological polar surface area (TPSA) is 64.4 Å². The summed E-state index contributed by atoms with van der Waals surface area (Å²) in [5.74, 6) is 0.351. The highest BCUT2D eigenvalue weighted by atomic mass is 16.5. The van der Waals surface area contributed by atoms with E-state index >= 15 is 0 Å². The lowest BCUT2D eigenvalue weighted by molar-refractivity contribution is -0.174. The monoisotopic (exact) mass is 342 g/mol. The van der Waals surface area contributed by atoms with Crippen molar-refractivity contribution in [1.29, 1.82) is 0 Å². The summed E-state index contributed by atoms with van der Waals surface area (Å²) in [4.78, 5) is 17.0. The number of carbonyl (C=O) groups is 1. The van der Waals surface area contributed by atoms with Gasteiger partial charge in [-0.05, 0) is 31.7 Å². The Balaban J connectivity index is 1.64. The molecule has 5 heteroatoms. The van der Waals surface area contributed by atoms with E-state index in [1.165, 1.54) is 0 Å². The number of aryl methyl sites for hydroxylation is 2. The lowest BCUT2D eigenvalue weighted by Crippen LogP contribution is -2.43. The van der Waals surface area contributed by atoms with Crippen LogP contribution in [0, 0.1) is 12.8 Å². The van der Waals surface area contributed by atoms with Crippen LogP contribution in [0.3, 0.4) is 0 Å². The van der Waals surface area contributed by atoms with Gasteiger partial charge in [0.1, 0.15) is 5.82 Å². The minimum Gasteiger partial charge on any atom is -0.463 e. The first-order valence-electron chi connectivity index (χ1n) is 9.05. The van der Waals surface area contributed by atoms with Crippen LogP contribution in [0.25, 0.3) is 0 Å². The fourth-order valence-corrected chi connectivity index (χ4v) is 3.71. The summed E-state index contributed by atoms with van der Waals surface area (Å²) in [6.45, 7) is 2.98. The van der Waals surface area contributed by atoms with Gasteiger partial charge < -0.3 is 14.4 Å². The van der Waals surface area contributed by atoms with Crippen molar-refractivity contribution in [2.45, 2.75) is 51.2 Å². The van der Waals surface area contributed by atoms with E-state index < -0.39 is 11.6 Å². The maximum absolute atomic E-state index is 12.8. The molecule has 0 amide bonds. The summed E-state index contributed by atoms with van der Waals surface area (Å²) in [6, 6.07) is 9.22. The molecular weight excluding hydrogens is 316 g/mol. The van der Waals surface area contributed by atoms with Gasteiger partial charge in [0.2, 0.25) is 0 Å². The number of imidazole rings is 1. The van der Waals surface area contributed by atoms with Gasteiger partial charge in [0, 0.05) is 24.9 Å². The molecule has 1 heterocycles. The predicted octanol–water partition coefficient (Wildman–Crippen LogP) is 3.20. The standard InChI is InChI=1S/C20H26N2O3/c1-16-21-12-14-22(16)13-7-15-25-19(23)20(24,18-10-5-6-11-18)17-8-3-2-4-9-17/h2-4,8-9,12,14,18,24H,5-7,10-11,13,15H2,1H3. The molecule has 1 saturated carbocycles. The molecule has 0 spiro atoms. The van der Waals surface area contributed by atoms with Gasteiger partial charge in [-0.25, -0.2) is 9.78 Å². The van der Waals surface area contributed by atoms with Crippen molar-refractivity contribution in [1.82, 2.24) is 9.55 Å². The molecule has 1 aromatic carbocycles. The number of rotatable bonds is 7. The summed E-state index contributed by atoms with van der Waals surface area (Å²) in [6.07, 6.45) is 8.17. The Kier molecular flexibility index (Phi) is 5.53. The lowest BCUT2D eigenvalue weighted by Gasteiger charge is -2.32. The van der Waals surface area contributed by atoms with Crippen LogP contribution in [0.1, 0.15) is 43.5 Å². The Labute approximate surface area is 148 Å². The zero-order valence-electron chi connectivity index (χ0n) is 14.7. The maximum Gasteiger partial charge on any atom is 0.343 e. The number of aliphatic hydroxyl groups is 1. The molecule has 1 aromatic heterocycles. The second kappa shape index (κ2) is 7.83. The smallest absolute Gasteiger partial charge is 0.343 e. The van der Waals surface area contributed by atoms with Gasteiger partial charge in [-0.1, -0.05) is 43.2 Å². The van der Waals surface area contributed by atoms with Gasteiger partial charge in [-0.15, -0.1) is 0 Å². The fraction of sp³-hybridized carbons (Fsp3) is 0.500. The molecule has 2 aromatic rings. The zero-order chi connectivity index (χ0) is 17.7. The number of aromatic nitrogens is 2. The molecule has 134 valence electrons. The molecule has 1 N–H and O–H groups in total. The molecular formula is C20H26N2O3. The molecule has 3 rings (SSSR count). The molecule has 1 aliphatic rings. The molecule has 0 saturated heterocycles. The first-order valence-corrected chi connectivity index (χ1v) is 9.05. The number of carbonyl (C=O) groups excluding carboxylic acids is 1. The first-order chi connectivity index (χ1) is 12.1. The van der Waals surface area contributed by atoms with E-state index in [4.69, 9.17) is 4.74 Å². The summed E-state index contributed by atoms with van der Waals surface area (Å²) < 4.78 is 7.51. The van der Waals surface area contributed by atoms with Crippen molar-refractivity contribution in [2.24, 2.45) is 5.92 Å². The van der Waals surface area contributed by atoms with Crippen LogP contribution in [-0.4, -0.2) is 27.2 Å². The van der Waals surface area contributed by atoms with Gasteiger partial charge in [0.05, 0.1) is 6.61 Å². The normalized spacial score (nSPS) is 17.4. The van der Waals surface area contributed by atoms with Crippen molar-refractivity contribution >= 4 is 5.97 Å². The second-order valence-corrected chi connectivity index (χ2v) is 6.77. The van der Waals surface area contributed by atoms with Crippen molar-refractivity contribution in [2.75, 3.05) is 6.61 Å². The van der Waals surface area contributed by atoms with Crippen LogP contribution in [0.15, 0.2) is 42.7 Å². The van der Waals surface area contributed by atoms with Crippen LogP contribution in [-0.2, 0) is 21.7 Å². The number of benzene rings is 1. The van der Waals surface area contributed by atoms with Crippen molar-refractivity contribution < 1.29 is 14.6 Å². The lowest BCUT2D eigenvalue weighted by atomic mass is 9.80. The molecule has 0 radical (unpaired) electrons. The van der Waals surface area contributed by atoms with E-state index in [1.807, 2.05) is 48.0 Å². The number of hydrogen-bond donors (Lipinski definition) is 1. The molecule has 1 fully saturated rings. The van der Waals surface area contributed by atoms with E-state index in [2.05, 4.69) is 4.98 Å². The number of hydrogen-bond acceptors (Lipinski definition) is 4. The maximum atomic E-state index is 12.8. The van der Waals surface area contributed by atoms with Crippen LogP contribution in [0.4, 0.5) is 0 Å². The highest BCUT2D eigenvalue weighted by Crippen LogP contribution is 2.41. The van der Waals surface area contributed by atoms with Gasteiger partial charge in [0.25, 0.3) is 0 Å². The third-order valence-electron chi connectivity index (χ3n) is 5.17. The number of nitrogens with zero attached hydrogens (tertiary/aromatic N) is 2. The van der Waals surface area contributed by atoms with Crippen LogP contribution < -0.4 is 0 Å². The summed E-state index contributed by atoms with van der Waals surface area (Å²) in [5, 5.41) is 11.3. The average Bonchev–Trinajstić information content (AvgIpc) is 3.31. The first kappa shape index (κ1) is 17.7. The van der Waals surface area contributed by atoms with Gasteiger partial charge in [0.15, 0.2) is 5.60 Å². The largest absolute Gasteiger partial charge is 0.463 e. The molecule has 1 unspecified atom stereocenters. The molecule has 0 aliphatic heterocycles. The fourth-order valence-electron chi connectivity index (χ4n) is 3.71. The minimum atomic E-state index is -1.54. The van der Waals surface area contributed by atoms with Crippen molar-refractivity contribution in [3.05, 3.63) is 54.1 Å². The van der Waals surface area contributed by atoms with Crippen LogP contribution in [0.5, 0.6) is 0 Å². The Morgan fingerprint density at radius 2 is 2.04 bits per heavy atom. The Bertz CT molecular complexity index is 692. The van der Waals surface area contributed by atoms with Crippen molar-refractivity contribution in [3.63, 3.8) is 0 Å².